The minimum atomic E-state index is -0.0307. The topological polar surface area (TPSA) is 41.6 Å². The molecule has 2 aliphatic rings. The fourth-order valence-corrected chi connectivity index (χ4v) is 2.85. The van der Waals surface area contributed by atoms with E-state index in [1.54, 1.807) is 0 Å². The highest BCUT2D eigenvalue weighted by molar-refractivity contribution is 5.83. The van der Waals surface area contributed by atoms with Gasteiger partial charge in [-0.15, -0.1) is 0 Å². The lowest BCUT2D eigenvalue weighted by Crippen LogP contribution is -2.60. The lowest BCUT2D eigenvalue weighted by Gasteiger charge is -2.43. The van der Waals surface area contributed by atoms with E-state index in [-0.39, 0.29) is 23.4 Å². The summed E-state index contributed by atoms with van der Waals surface area (Å²) in [4.78, 5) is 14.6. The Balaban J connectivity index is 2.07. The lowest BCUT2D eigenvalue weighted by molar-refractivity contribution is -0.145. The van der Waals surface area contributed by atoms with Crippen LogP contribution in [0.3, 0.4) is 0 Å². The van der Waals surface area contributed by atoms with Gasteiger partial charge in [-0.1, -0.05) is 13.8 Å². The van der Waals surface area contributed by atoms with Gasteiger partial charge in [0.05, 0.1) is 25.3 Å². The lowest BCUT2D eigenvalue weighted by atomic mass is 9.77. The second-order valence-corrected chi connectivity index (χ2v) is 5.93. The molecule has 0 aromatic rings. The zero-order chi connectivity index (χ0) is 12.5. The van der Waals surface area contributed by atoms with Gasteiger partial charge in [0.2, 0.25) is 5.91 Å². The molecule has 0 aromatic carbocycles. The first-order valence-corrected chi connectivity index (χ1v) is 6.64. The molecule has 1 unspecified atom stereocenters. The smallest absolute Gasteiger partial charge is 0.240 e. The predicted octanol–water partition coefficient (Wildman–Crippen LogP) is 1.01. The molecule has 2 fully saturated rings. The number of morpholine rings is 1. The van der Waals surface area contributed by atoms with Gasteiger partial charge in [-0.25, -0.2) is 0 Å². The number of amides is 1. The van der Waals surface area contributed by atoms with Crippen molar-refractivity contribution < 1.29 is 9.53 Å². The van der Waals surface area contributed by atoms with Gasteiger partial charge in [0, 0.05) is 6.54 Å². The number of nitrogens with zero attached hydrogens (tertiary/aromatic N) is 1. The Morgan fingerprint density at radius 1 is 1.47 bits per heavy atom. The summed E-state index contributed by atoms with van der Waals surface area (Å²) in [5.41, 5.74) is 0.0629. The molecule has 98 valence electrons. The quantitative estimate of drug-likeness (QED) is 0.744. The molecule has 0 bridgehead atoms. The van der Waals surface area contributed by atoms with Crippen LogP contribution in [0.2, 0.25) is 0 Å². The molecule has 2 rings (SSSR count). The highest BCUT2D eigenvalue weighted by Gasteiger charge is 2.40. The Bertz CT molecular complexity index is 291. The van der Waals surface area contributed by atoms with Gasteiger partial charge in [-0.2, -0.15) is 0 Å². The Kier molecular flexibility index (Phi) is 3.73. The van der Waals surface area contributed by atoms with E-state index in [0.29, 0.717) is 13.2 Å². The van der Waals surface area contributed by atoms with E-state index in [1.165, 1.54) is 0 Å². The van der Waals surface area contributed by atoms with Crippen LogP contribution < -0.4 is 5.32 Å². The Hall–Kier alpha value is -0.610. The van der Waals surface area contributed by atoms with Crippen molar-refractivity contribution in [2.75, 3.05) is 26.3 Å². The third-order valence-electron chi connectivity index (χ3n) is 4.03. The van der Waals surface area contributed by atoms with Gasteiger partial charge >= 0.3 is 0 Å². The average Bonchev–Trinajstić information content (AvgIpc) is 2.28. The van der Waals surface area contributed by atoms with E-state index in [2.05, 4.69) is 26.1 Å². The molecule has 17 heavy (non-hydrogen) atoms. The molecule has 0 radical (unpaired) electrons. The van der Waals surface area contributed by atoms with Crippen molar-refractivity contribution in [3.05, 3.63) is 0 Å². The second-order valence-electron chi connectivity index (χ2n) is 5.93. The SMILES string of the molecule is C[C@@H]1COCCN1C(=O)C1NCCCC1(C)C. The van der Waals surface area contributed by atoms with E-state index in [4.69, 9.17) is 4.74 Å². The average molecular weight is 240 g/mol. The monoisotopic (exact) mass is 240 g/mol. The van der Waals surface area contributed by atoms with E-state index < -0.39 is 0 Å². The van der Waals surface area contributed by atoms with Crippen molar-refractivity contribution in [3.63, 3.8) is 0 Å². The largest absolute Gasteiger partial charge is 0.377 e. The third-order valence-corrected chi connectivity index (χ3v) is 4.03. The summed E-state index contributed by atoms with van der Waals surface area (Å²) in [6, 6.07) is 0.174. The summed E-state index contributed by atoms with van der Waals surface area (Å²) in [5.74, 6) is 0.255. The molecule has 2 aliphatic heterocycles. The molecule has 2 saturated heterocycles. The molecule has 0 aliphatic carbocycles. The summed E-state index contributed by atoms with van der Waals surface area (Å²) in [6.07, 6.45) is 2.28. The van der Waals surface area contributed by atoms with Crippen molar-refractivity contribution >= 4 is 5.91 Å². The third kappa shape index (κ3) is 2.63. The fraction of sp³-hybridized carbons (Fsp3) is 0.923. The molecule has 1 N–H and O–H groups in total. The maximum absolute atomic E-state index is 12.6. The first-order chi connectivity index (χ1) is 8.02. The van der Waals surface area contributed by atoms with Crippen LogP contribution in [0, 0.1) is 5.41 Å². The van der Waals surface area contributed by atoms with Crippen LogP contribution in [0.1, 0.15) is 33.6 Å². The van der Waals surface area contributed by atoms with Crippen LogP contribution in [0.4, 0.5) is 0 Å². The first kappa shape index (κ1) is 12.8. The predicted molar refractivity (Wildman–Crippen MR) is 66.8 cm³/mol. The highest BCUT2D eigenvalue weighted by Crippen LogP contribution is 2.31. The number of hydrogen-bond donors (Lipinski definition) is 1. The van der Waals surface area contributed by atoms with Crippen LogP contribution in [-0.4, -0.2) is 49.2 Å². The standard InChI is InChI=1S/C13H24N2O2/c1-10-9-17-8-7-15(10)12(16)11-13(2,3)5-4-6-14-11/h10-11,14H,4-9H2,1-3H3/t10-,11?/m1/s1. The molecule has 2 atom stereocenters. The van der Waals surface area contributed by atoms with Crippen LogP contribution in [0.5, 0.6) is 0 Å². The van der Waals surface area contributed by atoms with Gasteiger partial charge in [0.1, 0.15) is 0 Å². The van der Waals surface area contributed by atoms with Crippen LogP contribution in [-0.2, 0) is 9.53 Å². The van der Waals surface area contributed by atoms with E-state index in [1.807, 2.05) is 4.90 Å². The van der Waals surface area contributed by atoms with Crippen molar-refractivity contribution in [1.82, 2.24) is 10.2 Å². The molecule has 0 saturated carbocycles. The van der Waals surface area contributed by atoms with Gasteiger partial charge in [0.15, 0.2) is 0 Å². The van der Waals surface area contributed by atoms with Crippen molar-refractivity contribution in [1.29, 1.82) is 0 Å². The number of ether oxygens (including phenoxy) is 1. The zero-order valence-corrected chi connectivity index (χ0v) is 11.2. The zero-order valence-electron chi connectivity index (χ0n) is 11.2. The normalized spacial score (nSPS) is 33.5. The van der Waals surface area contributed by atoms with E-state index >= 15 is 0 Å². The molecule has 4 heteroatoms. The van der Waals surface area contributed by atoms with Gasteiger partial charge in [-0.3, -0.25) is 4.79 Å². The number of carbonyl (C=O) groups excluding carboxylic acids is 1. The van der Waals surface area contributed by atoms with Gasteiger partial charge in [-0.05, 0) is 31.7 Å². The number of carbonyl (C=O) groups is 1. The fourth-order valence-electron chi connectivity index (χ4n) is 2.85. The van der Waals surface area contributed by atoms with Crippen molar-refractivity contribution in [2.45, 2.75) is 45.7 Å². The minimum Gasteiger partial charge on any atom is -0.377 e. The Labute approximate surface area is 104 Å². The van der Waals surface area contributed by atoms with E-state index in [0.717, 1.165) is 25.9 Å². The van der Waals surface area contributed by atoms with Gasteiger partial charge in [0.25, 0.3) is 0 Å². The molecule has 0 aromatic heterocycles. The highest BCUT2D eigenvalue weighted by atomic mass is 16.5. The summed E-state index contributed by atoms with van der Waals surface area (Å²) in [5, 5.41) is 3.39. The number of nitrogens with one attached hydrogen (secondary N) is 1. The Morgan fingerprint density at radius 3 is 2.88 bits per heavy atom. The number of rotatable bonds is 1. The Morgan fingerprint density at radius 2 is 2.24 bits per heavy atom. The number of hydrogen-bond acceptors (Lipinski definition) is 3. The summed E-state index contributed by atoms with van der Waals surface area (Å²) < 4.78 is 5.39. The van der Waals surface area contributed by atoms with Gasteiger partial charge < -0.3 is 15.0 Å². The van der Waals surface area contributed by atoms with Crippen molar-refractivity contribution in [3.8, 4) is 0 Å². The summed E-state index contributed by atoms with van der Waals surface area (Å²) in [7, 11) is 0. The second kappa shape index (κ2) is 4.94. The van der Waals surface area contributed by atoms with E-state index in [9.17, 15) is 4.79 Å². The van der Waals surface area contributed by atoms with Crippen molar-refractivity contribution in [2.24, 2.45) is 5.41 Å². The molecular weight excluding hydrogens is 216 g/mol. The molecule has 0 spiro atoms. The minimum absolute atomic E-state index is 0.0307. The summed E-state index contributed by atoms with van der Waals surface area (Å²) in [6.45, 7) is 9.46. The number of piperidine rings is 1. The molecular formula is C13H24N2O2. The molecule has 1 amide bonds. The van der Waals surface area contributed by atoms with Crippen LogP contribution in [0.15, 0.2) is 0 Å². The molecule has 4 nitrogen and oxygen atoms in total. The van der Waals surface area contributed by atoms with Crippen LogP contribution in [0.25, 0.3) is 0 Å². The van der Waals surface area contributed by atoms with Crippen LogP contribution >= 0.6 is 0 Å². The summed E-state index contributed by atoms with van der Waals surface area (Å²) >= 11 is 0. The maximum atomic E-state index is 12.6. The maximum Gasteiger partial charge on any atom is 0.240 e. The molecule has 2 heterocycles. The first-order valence-electron chi connectivity index (χ1n) is 6.64.